The zero-order chi connectivity index (χ0) is 12.2. The van der Waals surface area contributed by atoms with Crippen LogP contribution in [0, 0.1) is 0 Å². The first-order chi connectivity index (χ1) is 7.37. The van der Waals surface area contributed by atoms with Crippen molar-refractivity contribution in [2.24, 2.45) is 7.05 Å². The van der Waals surface area contributed by atoms with E-state index in [0.29, 0.717) is 12.4 Å². The highest BCUT2D eigenvalue weighted by atomic mass is 16.5. The summed E-state index contributed by atoms with van der Waals surface area (Å²) in [6.45, 7) is 6.09. The second-order valence-electron chi connectivity index (χ2n) is 4.51. The molecule has 0 spiro atoms. The number of carbonyl (C=O) groups is 1. The molecular weight excluding hydrogens is 208 g/mol. The van der Waals surface area contributed by atoms with Gasteiger partial charge < -0.3 is 10.1 Å². The van der Waals surface area contributed by atoms with Gasteiger partial charge in [0.25, 0.3) is 0 Å². The molecular formula is C10H18N4O2. The normalized spacial score (nSPS) is 11.5. The lowest BCUT2D eigenvalue weighted by Gasteiger charge is -2.18. The second-order valence-corrected chi connectivity index (χ2v) is 4.51. The number of hydrogen-bond acceptors (Lipinski definition) is 4. The van der Waals surface area contributed by atoms with E-state index in [9.17, 15) is 4.79 Å². The van der Waals surface area contributed by atoms with Crippen LogP contribution < -0.4 is 5.32 Å². The van der Waals surface area contributed by atoms with Crippen LogP contribution in [0.15, 0.2) is 6.33 Å². The summed E-state index contributed by atoms with van der Waals surface area (Å²) in [5.74, 6) is 0.425. The van der Waals surface area contributed by atoms with E-state index in [1.54, 1.807) is 18.1 Å². The van der Waals surface area contributed by atoms with Crippen molar-refractivity contribution in [2.75, 3.05) is 6.61 Å². The van der Waals surface area contributed by atoms with Crippen LogP contribution in [-0.2, 0) is 23.1 Å². The number of carbonyl (C=O) groups excluding carboxylic acids is 1. The van der Waals surface area contributed by atoms with Crippen LogP contribution in [0.25, 0.3) is 0 Å². The molecule has 1 rings (SSSR count). The molecule has 0 aliphatic carbocycles. The predicted octanol–water partition coefficient (Wildman–Crippen LogP) is 0.246. The first-order valence-electron chi connectivity index (χ1n) is 5.12. The molecule has 1 N–H and O–H groups in total. The molecule has 16 heavy (non-hydrogen) atoms. The molecule has 1 aromatic heterocycles. The zero-order valence-corrected chi connectivity index (χ0v) is 10.1. The van der Waals surface area contributed by atoms with Gasteiger partial charge in [0, 0.05) is 7.05 Å². The number of aryl methyl sites for hydroxylation is 1. The summed E-state index contributed by atoms with van der Waals surface area (Å²) in [5.41, 5.74) is -0.305. The first-order valence-corrected chi connectivity index (χ1v) is 5.12. The van der Waals surface area contributed by atoms with E-state index < -0.39 is 0 Å². The summed E-state index contributed by atoms with van der Waals surface area (Å²) >= 11 is 0. The summed E-state index contributed by atoms with van der Waals surface area (Å²) in [6.07, 6.45) is 1.59. The highest BCUT2D eigenvalue weighted by molar-refractivity contribution is 5.77. The van der Waals surface area contributed by atoms with Gasteiger partial charge in [-0.1, -0.05) is 0 Å². The fourth-order valence-electron chi connectivity index (χ4n) is 0.976. The van der Waals surface area contributed by atoms with Crippen LogP contribution in [0.2, 0.25) is 0 Å². The second kappa shape index (κ2) is 5.07. The smallest absolute Gasteiger partial charge is 0.246 e. The lowest BCUT2D eigenvalue weighted by molar-refractivity contribution is -0.130. The molecule has 0 aromatic carbocycles. The highest BCUT2D eigenvalue weighted by Gasteiger charge is 2.12. The van der Waals surface area contributed by atoms with Crippen molar-refractivity contribution in [1.29, 1.82) is 0 Å². The van der Waals surface area contributed by atoms with Crippen LogP contribution in [0.5, 0.6) is 0 Å². The molecule has 0 atom stereocenters. The van der Waals surface area contributed by atoms with Gasteiger partial charge in [0.1, 0.15) is 12.9 Å². The fourth-order valence-corrected chi connectivity index (χ4v) is 0.976. The van der Waals surface area contributed by atoms with E-state index >= 15 is 0 Å². The molecule has 0 aliphatic rings. The quantitative estimate of drug-likeness (QED) is 0.798. The van der Waals surface area contributed by atoms with Gasteiger partial charge in [0.2, 0.25) is 5.91 Å². The number of nitrogens with one attached hydrogen (secondary N) is 1. The number of ether oxygens (including phenoxy) is 1. The van der Waals surface area contributed by atoms with Gasteiger partial charge in [-0.2, -0.15) is 5.10 Å². The lowest BCUT2D eigenvalue weighted by Crippen LogP contribution is -2.32. The topological polar surface area (TPSA) is 69.0 Å². The zero-order valence-electron chi connectivity index (χ0n) is 10.1. The Kier molecular flexibility index (Phi) is 4.00. The number of amides is 1. The highest BCUT2D eigenvalue weighted by Crippen LogP contribution is 2.05. The van der Waals surface area contributed by atoms with Crippen LogP contribution in [0.3, 0.4) is 0 Å². The van der Waals surface area contributed by atoms with Crippen molar-refractivity contribution in [3.05, 3.63) is 12.2 Å². The number of aromatic nitrogens is 3. The van der Waals surface area contributed by atoms with E-state index in [1.807, 2.05) is 20.8 Å². The predicted molar refractivity (Wildman–Crippen MR) is 58.6 cm³/mol. The maximum Gasteiger partial charge on any atom is 0.246 e. The summed E-state index contributed by atoms with van der Waals surface area (Å²) < 4.78 is 6.92. The molecule has 0 radical (unpaired) electrons. The van der Waals surface area contributed by atoms with Crippen molar-refractivity contribution < 1.29 is 9.53 Å². The Hall–Kier alpha value is -1.43. The van der Waals surface area contributed by atoms with Crippen molar-refractivity contribution in [2.45, 2.75) is 32.9 Å². The van der Waals surface area contributed by atoms with Crippen LogP contribution in [-0.4, -0.2) is 32.9 Å². The van der Waals surface area contributed by atoms with Gasteiger partial charge in [-0.05, 0) is 20.8 Å². The van der Waals surface area contributed by atoms with E-state index in [2.05, 4.69) is 15.4 Å². The molecule has 1 amide bonds. The molecule has 6 heteroatoms. The molecule has 0 saturated carbocycles. The molecule has 1 aromatic rings. The Morgan fingerprint density at radius 1 is 1.56 bits per heavy atom. The molecule has 0 fully saturated rings. The first kappa shape index (κ1) is 12.6. The van der Waals surface area contributed by atoms with Gasteiger partial charge >= 0.3 is 0 Å². The van der Waals surface area contributed by atoms with Gasteiger partial charge in [-0.3, -0.25) is 9.48 Å². The maximum atomic E-state index is 11.4. The van der Waals surface area contributed by atoms with Gasteiger partial charge in [0.15, 0.2) is 5.82 Å². The van der Waals surface area contributed by atoms with E-state index in [4.69, 9.17) is 4.74 Å². The standard InChI is InChI=1S/C10H18N4O2/c1-10(2,3)16-6-9(15)11-5-8-12-7-14(4)13-8/h7H,5-6H2,1-4H3,(H,11,15). The Morgan fingerprint density at radius 2 is 2.25 bits per heavy atom. The molecule has 1 heterocycles. The third-order valence-electron chi connectivity index (χ3n) is 1.73. The van der Waals surface area contributed by atoms with Crippen molar-refractivity contribution >= 4 is 5.91 Å². The van der Waals surface area contributed by atoms with E-state index in [1.165, 1.54) is 0 Å². The Labute approximate surface area is 95.0 Å². The van der Waals surface area contributed by atoms with Crippen LogP contribution in [0.4, 0.5) is 0 Å². The molecule has 0 unspecified atom stereocenters. The summed E-state index contributed by atoms with van der Waals surface area (Å²) in [5, 5.41) is 6.72. The van der Waals surface area contributed by atoms with Crippen molar-refractivity contribution in [3.63, 3.8) is 0 Å². The Balaban J connectivity index is 2.25. The monoisotopic (exact) mass is 226 g/mol. The summed E-state index contributed by atoms with van der Waals surface area (Å²) in [6, 6.07) is 0. The molecule has 0 saturated heterocycles. The minimum Gasteiger partial charge on any atom is -0.366 e. The van der Waals surface area contributed by atoms with Crippen LogP contribution >= 0.6 is 0 Å². The summed E-state index contributed by atoms with van der Waals surface area (Å²) in [7, 11) is 1.78. The van der Waals surface area contributed by atoms with Crippen LogP contribution in [0.1, 0.15) is 26.6 Å². The molecule has 6 nitrogen and oxygen atoms in total. The van der Waals surface area contributed by atoms with Gasteiger partial charge in [0.05, 0.1) is 12.1 Å². The number of nitrogens with zero attached hydrogens (tertiary/aromatic N) is 3. The van der Waals surface area contributed by atoms with E-state index in [-0.39, 0.29) is 18.1 Å². The average molecular weight is 226 g/mol. The van der Waals surface area contributed by atoms with Gasteiger partial charge in [-0.25, -0.2) is 4.98 Å². The number of hydrogen-bond donors (Lipinski definition) is 1. The van der Waals surface area contributed by atoms with Gasteiger partial charge in [-0.15, -0.1) is 0 Å². The maximum absolute atomic E-state index is 11.4. The Morgan fingerprint density at radius 3 is 2.75 bits per heavy atom. The summed E-state index contributed by atoms with van der Waals surface area (Å²) in [4.78, 5) is 15.4. The lowest BCUT2D eigenvalue weighted by atomic mass is 10.2. The van der Waals surface area contributed by atoms with Crippen molar-refractivity contribution in [3.8, 4) is 0 Å². The SMILES string of the molecule is Cn1cnc(CNC(=O)COC(C)(C)C)n1. The fraction of sp³-hybridized carbons (Fsp3) is 0.700. The third kappa shape index (κ3) is 4.88. The minimum atomic E-state index is -0.305. The Bertz CT molecular complexity index is 354. The molecule has 90 valence electrons. The van der Waals surface area contributed by atoms with E-state index in [0.717, 1.165) is 0 Å². The molecule has 0 bridgehead atoms. The largest absolute Gasteiger partial charge is 0.366 e. The average Bonchev–Trinajstić information content (AvgIpc) is 2.57. The minimum absolute atomic E-state index is 0.0519. The third-order valence-corrected chi connectivity index (χ3v) is 1.73. The molecule has 0 aliphatic heterocycles. The number of rotatable bonds is 4. The van der Waals surface area contributed by atoms with Crippen molar-refractivity contribution in [1.82, 2.24) is 20.1 Å².